The zero-order valence-electron chi connectivity index (χ0n) is 15.6. The lowest BCUT2D eigenvalue weighted by Crippen LogP contribution is -2.18. The van der Waals surface area contributed by atoms with Gasteiger partial charge in [-0.2, -0.15) is 0 Å². The van der Waals surface area contributed by atoms with E-state index in [2.05, 4.69) is 20.5 Å². The Morgan fingerprint density at radius 2 is 2.00 bits per heavy atom. The van der Waals surface area contributed by atoms with Crippen molar-refractivity contribution in [2.75, 3.05) is 17.7 Å². The molecule has 0 radical (unpaired) electrons. The van der Waals surface area contributed by atoms with E-state index in [1.54, 1.807) is 36.7 Å². The molecule has 0 unspecified atom stereocenters. The lowest BCUT2D eigenvalue weighted by Gasteiger charge is -2.14. The van der Waals surface area contributed by atoms with Crippen LogP contribution in [0.4, 0.5) is 5.69 Å². The van der Waals surface area contributed by atoms with Gasteiger partial charge in [-0.05, 0) is 49.2 Å². The topological polar surface area (TPSA) is 81.9 Å². The van der Waals surface area contributed by atoms with Gasteiger partial charge < -0.3 is 10.1 Å². The van der Waals surface area contributed by atoms with Gasteiger partial charge in [-0.25, -0.2) is 0 Å². The van der Waals surface area contributed by atoms with Crippen LogP contribution in [0.5, 0.6) is 0 Å². The standard InChI is InChI=1S/C20H20ClN5O2S/c21-15-3-5-16(6-4-15)23-18(27)13-29-20-25-24-19(14-7-9-22-10-8-14)26(20)12-17-2-1-11-28-17/h3-10,17H,1-2,11-13H2,(H,23,27)/t17-/m1/s1. The Hall–Kier alpha value is -2.42. The van der Waals surface area contributed by atoms with Crippen LogP contribution in [0.3, 0.4) is 0 Å². The largest absolute Gasteiger partial charge is 0.376 e. The number of thioether (sulfide) groups is 1. The quantitative estimate of drug-likeness (QED) is 0.573. The molecule has 7 nitrogen and oxygen atoms in total. The van der Waals surface area contributed by atoms with Gasteiger partial charge in [0.2, 0.25) is 5.91 Å². The summed E-state index contributed by atoms with van der Waals surface area (Å²) < 4.78 is 7.83. The summed E-state index contributed by atoms with van der Waals surface area (Å²) in [6.45, 7) is 1.44. The summed E-state index contributed by atoms with van der Waals surface area (Å²) in [4.78, 5) is 16.4. The Kier molecular flexibility index (Phi) is 6.43. The number of ether oxygens (including phenoxy) is 1. The second kappa shape index (κ2) is 9.39. The number of halogens is 1. The predicted molar refractivity (Wildman–Crippen MR) is 113 cm³/mol. The Labute approximate surface area is 177 Å². The van der Waals surface area contributed by atoms with Crippen molar-refractivity contribution in [1.82, 2.24) is 19.7 Å². The number of carbonyl (C=O) groups is 1. The third-order valence-electron chi connectivity index (χ3n) is 4.53. The van der Waals surface area contributed by atoms with E-state index in [1.165, 1.54) is 11.8 Å². The first-order chi connectivity index (χ1) is 14.2. The highest BCUT2D eigenvalue weighted by atomic mass is 35.5. The first kappa shape index (κ1) is 19.9. The molecule has 9 heteroatoms. The molecule has 1 aliphatic rings. The number of rotatable bonds is 7. The van der Waals surface area contributed by atoms with Crippen molar-refractivity contribution in [3.05, 3.63) is 53.8 Å². The SMILES string of the molecule is O=C(CSc1nnc(-c2ccncc2)n1C[C@H]1CCCO1)Nc1ccc(Cl)cc1. The number of pyridine rings is 1. The predicted octanol–water partition coefficient (Wildman–Crippen LogP) is 3.90. The van der Waals surface area contributed by atoms with Crippen LogP contribution in [-0.2, 0) is 16.1 Å². The molecule has 0 saturated carbocycles. The number of aromatic nitrogens is 4. The Balaban J connectivity index is 1.47. The Bertz CT molecular complexity index is 959. The van der Waals surface area contributed by atoms with Crippen molar-refractivity contribution in [3.63, 3.8) is 0 Å². The zero-order chi connectivity index (χ0) is 20.1. The first-order valence-electron chi connectivity index (χ1n) is 9.32. The van der Waals surface area contributed by atoms with E-state index in [0.717, 1.165) is 30.8 Å². The summed E-state index contributed by atoms with van der Waals surface area (Å²) in [6.07, 6.45) is 5.66. The van der Waals surface area contributed by atoms with Crippen LogP contribution in [-0.4, -0.2) is 44.1 Å². The summed E-state index contributed by atoms with van der Waals surface area (Å²) in [5.41, 5.74) is 1.64. The van der Waals surface area contributed by atoms with E-state index in [0.29, 0.717) is 22.4 Å². The maximum Gasteiger partial charge on any atom is 0.234 e. The molecule has 150 valence electrons. The Morgan fingerprint density at radius 3 is 2.72 bits per heavy atom. The molecule has 0 aliphatic carbocycles. The molecule has 1 amide bonds. The molecule has 1 fully saturated rings. The summed E-state index contributed by atoms with van der Waals surface area (Å²) in [5, 5.41) is 12.9. The molecule has 29 heavy (non-hydrogen) atoms. The van der Waals surface area contributed by atoms with Gasteiger partial charge in [0.25, 0.3) is 0 Å². The maximum absolute atomic E-state index is 12.3. The minimum atomic E-state index is -0.116. The highest BCUT2D eigenvalue weighted by Gasteiger charge is 2.22. The van der Waals surface area contributed by atoms with E-state index in [-0.39, 0.29) is 17.8 Å². The lowest BCUT2D eigenvalue weighted by atomic mass is 10.2. The fourth-order valence-corrected chi connectivity index (χ4v) is 4.00. The summed E-state index contributed by atoms with van der Waals surface area (Å²) >= 11 is 7.24. The van der Waals surface area contributed by atoms with Gasteiger partial charge in [0.1, 0.15) is 0 Å². The number of anilines is 1. The first-order valence-corrected chi connectivity index (χ1v) is 10.7. The van der Waals surface area contributed by atoms with Crippen molar-refractivity contribution < 1.29 is 9.53 Å². The van der Waals surface area contributed by atoms with E-state index < -0.39 is 0 Å². The molecule has 2 aromatic heterocycles. The van der Waals surface area contributed by atoms with E-state index in [9.17, 15) is 4.79 Å². The highest BCUT2D eigenvalue weighted by molar-refractivity contribution is 7.99. The second-order valence-electron chi connectivity index (χ2n) is 6.63. The number of benzene rings is 1. The summed E-state index contributed by atoms with van der Waals surface area (Å²) in [6, 6.07) is 10.8. The van der Waals surface area contributed by atoms with Crippen LogP contribution >= 0.6 is 23.4 Å². The average molecular weight is 430 g/mol. The molecule has 1 N–H and O–H groups in total. The minimum absolute atomic E-state index is 0.116. The molecule has 1 aromatic carbocycles. The summed E-state index contributed by atoms with van der Waals surface area (Å²) in [5.74, 6) is 0.862. The van der Waals surface area contributed by atoms with Crippen LogP contribution in [0.2, 0.25) is 5.02 Å². The van der Waals surface area contributed by atoms with Crippen LogP contribution in [0.15, 0.2) is 53.9 Å². The number of nitrogens with one attached hydrogen (secondary N) is 1. The normalized spacial score (nSPS) is 16.1. The fraction of sp³-hybridized carbons (Fsp3) is 0.300. The van der Waals surface area contributed by atoms with Gasteiger partial charge in [0.05, 0.1) is 18.4 Å². The zero-order valence-corrected chi connectivity index (χ0v) is 17.2. The number of carbonyl (C=O) groups excluding carboxylic acids is 1. The van der Waals surface area contributed by atoms with Gasteiger partial charge in [-0.15, -0.1) is 10.2 Å². The number of nitrogens with zero attached hydrogens (tertiary/aromatic N) is 4. The van der Waals surface area contributed by atoms with Crippen LogP contribution in [0.25, 0.3) is 11.4 Å². The van der Waals surface area contributed by atoms with Crippen molar-refractivity contribution in [2.24, 2.45) is 0 Å². The van der Waals surface area contributed by atoms with Crippen molar-refractivity contribution in [1.29, 1.82) is 0 Å². The molecule has 1 saturated heterocycles. The van der Waals surface area contributed by atoms with Crippen molar-refractivity contribution >= 4 is 35.0 Å². The highest BCUT2D eigenvalue weighted by Crippen LogP contribution is 2.26. The number of hydrogen-bond acceptors (Lipinski definition) is 6. The van der Waals surface area contributed by atoms with E-state index >= 15 is 0 Å². The number of hydrogen-bond donors (Lipinski definition) is 1. The van der Waals surface area contributed by atoms with Crippen LogP contribution < -0.4 is 5.32 Å². The van der Waals surface area contributed by atoms with Gasteiger partial charge in [-0.3, -0.25) is 14.3 Å². The third kappa shape index (κ3) is 5.14. The maximum atomic E-state index is 12.3. The molecular weight excluding hydrogens is 410 g/mol. The summed E-state index contributed by atoms with van der Waals surface area (Å²) in [7, 11) is 0. The molecule has 4 rings (SSSR count). The number of amides is 1. The molecule has 3 heterocycles. The monoisotopic (exact) mass is 429 g/mol. The van der Waals surface area contributed by atoms with Crippen LogP contribution in [0, 0.1) is 0 Å². The molecule has 3 aromatic rings. The van der Waals surface area contributed by atoms with E-state index in [4.69, 9.17) is 16.3 Å². The second-order valence-corrected chi connectivity index (χ2v) is 8.01. The minimum Gasteiger partial charge on any atom is -0.376 e. The van der Waals surface area contributed by atoms with Gasteiger partial charge >= 0.3 is 0 Å². The van der Waals surface area contributed by atoms with Gasteiger partial charge in [0.15, 0.2) is 11.0 Å². The van der Waals surface area contributed by atoms with Gasteiger partial charge in [0, 0.05) is 35.3 Å². The molecule has 1 atom stereocenters. The third-order valence-corrected chi connectivity index (χ3v) is 5.74. The molecule has 0 spiro atoms. The molecular formula is C20H20ClN5O2S. The fourth-order valence-electron chi connectivity index (χ4n) is 3.13. The van der Waals surface area contributed by atoms with Gasteiger partial charge in [-0.1, -0.05) is 23.4 Å². The van der Waals surface area contributed by atoms with Crippen LogP contribution in [0.1, 0.15) is 12.8 Å². The molecule has 1 aliphatic heterocycles. The average Bonchev–Trinajstić information content (AvgIpc) is 3.39. The molecule has 0 bridgehead atoms. The van der Waals surface area contributed by atoms with Crippen molar-refractivity contribution in [2.45, 2.75) is 30.6 Å². The smallest absolute Gasteiger partial charge is 0.234 e. The van der Waals surface area contributed by atoms with E-state index in [1.807, 2.05) is 16.7 Å². The van der Waals surface area contributed by atoms with Crippen molar-refractivity contribution in [3.8, 4) is 11.4 Å². The lowest BCUT2D eigenvalue weighted by molar-refractivity contribution is -0.113. The Morgan fingerprint density at radius 1 is 1.21 bits per heavy atom.